The summed E-state index contributed by atoms with van der Waals surface area (Å²) in [5, 5.41) is 0. The lowest BCUT2D eigenvalue weighted by atomic mass is 10.0. The van der Waals surface area contributed by atoms with Crippen molar-refractivity contribution in [2.45, 2.75) is 0 Å². The summed E-state index contributed by atoms with van der Waals surface area (Å²) in [7, 11) is 1.60. The van der Waals surface area contributed by atoms with Gasteiger partial charge in [-0.1, -0.05) is 18.2 Å². The third-order valence-electron chi connectivity index (χ3n) is 2.32. The van der Waals surface area contributed by atoms with E-state index >= 15 is 0 Å². The fraction of sp³-hybridized carbons (Fsp3) is 0.0714. The first-order chi connectivity index (χ1) is 7.81. The van der Waals surface area contributed by atoms with E-state index in [1.54, 1.807) is 55.6 Å². The minimum Gasteiger partial charge on any atom is -0.497 e. The van der Waals surface area contributed by atoms with Crippen molar-refractivity contribution in [3.8, 4) is 5.75 Å². The van der Waals surface area contributed by atoms with Crippen LogP contribution in [0.25, 0.3) is 0 Å². The molecule has 2 aromatic carbocycles. The van der Waals surface area contributed by atoms with Gasteiger partial charge in [0.2, 0.25) is 0 Å². The number of ketones is 1. The van der Waals surface area contributed by atoms with Crippen LogP contribution in [-0.2, 0) is 0 Å². The first-order valence-corrected chi connectivity index (χ1v) is 4.96. The Morgan fingerprint density at radius 1 is 1.12 bits per heavy atom. The molecule has 0 aliphatic rings. The monoisotopic (exact) mass is 211 g/mol. The highest BCUT2D eigenvalue weighted by atomic mass is 16.5. The van der Waals surface area contributed by atoms with Crippen molar-refractivity contribution in [3.05, 3.63) is 65.7 Å². The van der Waals surface area contributed by atoms with Gasteiger partial charge in [0.05, 0.1) is 7.11 Å². The maximum absolute atomic E-state index is 12.0. The second-order valence-corrected chi connectivity index (χ2v) is 3.35. The molecule has 0 saturated carbocycles. The number of carbonyl (C=O) groups excluding carboxylic acids is 1. The molecule has 16 heavy (non-hydrogen) atoms. The van der Waals surface area contributed by atoms with Gasteiger partial charge in [-0.3, -0.25) is 4.79 Å². The second kappa shape index (κ2) is 4.62. The molecule has 2 heteroatoms. The van der Waals surface area contributed by atoms with Crippen LogP contribution in [0.4, 0.5) is 0 Å². The quantitative estimate of drug-likeness (QED) is 0.730. The zero-order chi connectivity index (χ0) is 11.4. The van der Waals surface area contributed by atoms with Gasteiger partial charge in [0, 0.05) is 11.1 Å². The van der Waals surface area contributed by atoms with Crippen LogP contribution < -0.4 is 4.74 Å². The van der Waals surface area contributed by atoms with Crippen molar-refractivity contribution in [2.24, 2.45) is 0 Å². The number of carbonyl (C=O) groups is 1. The third-order valence-corrected chi connectivity index (χ3v) is 2.32. The molecular formula is C14H11O2. The van der Waals surface area contributed by atoms with Crippen LogP contribution in [0.2, 0.25) is 0 Å². The van der Waals surface area contributed by atoms with E-state index in [1.165, 1.54) is 0 Å². The number of rotatable bonds is 3. The second-order valence-electron chi connectivity index (χ2n) is 3.35. The summed E-state index contributed by atoms with van der Waals surface area (Å²) >= 11 is 0. The molecule has 0 saturated heterocycles. The average molecular weight is 211 g/mol. The van der Waals surface area contributed by atoms with E-state index in [4.69, 9.17) is 4.74 Å². The van der Waals surface area contributed by atoms with Gasteiger partial charge >= 0.3 is 0 Å². The van der Waals surface area contributed by atoms with E-state index in [9.17, 15) is 4.79 Å². The standard InChI is InChI=1S/C14H11O2/c1-16-13-9-7-12(8-10-13)14(15)11-5-3-2-4-6-11/h2-3,5-10H,1H3. The summed E-state index contributed by atoms with van der Waals surface area (Å²) in [6.45, 7) is 0. The molecule has 0 spiro atoms. The van der Waals surface area contributed by atoms with Crippen molar-refractivity contribution in [1.82, 2.24) is 0 Å². The van der Waals surface area contributed by atoms with Crippen LogP contribution in [0.5, 0.6) is 5.75 Å². The SMILES string of the molecule is COc1ccc(C(=O)c2c[c]ccc2)cc1. The molecule has 2 aromatic rings. The van der Waals surface area contributed by atoms with Crippen molar-refractivity contribution in [2.75, 3.05) is 7.11 Å². The molecule has 2 rings (SSSR count). The minimum absolute atomic E-state index is 0.000460. The van der Waals surface area contributed by atoms with Crippen molar-refractivity contribution in [3.63, 3.8) is 0 Å². The van der Waals surface area contributed by atoms with E-state index in [0.29, 0.717) is 11.1 Å². The fourth-order valence-corrected chi connectivity index (χ4v) is 1.44. The molecule has 0 N–H and O–H groups in total. The zero-order valence-corrected chi connectivity index (χ0v) is 8.94. The molecule has 0 unspecified atom stereocenters. The van der Waals surface area contributed by atoms with E-state index in [1.807, 2.05) is 0 Å². The summed E-state index contributed by atoms with van der Waals surface area (Å²) in [6.07, 6.45) is 0. The van der Waals surface area contributed by atoms with Crippen molar-refractivity contribution < 1.29 is 9.53 Å². The number of methoxy groups -OCH3 is 1. The molecule has 0 atom stereocenters. The number of ether oxygens (including phenoxy) is 1. The predicted molar refractivity (Wildman–Crippen MR) is 61.7 cm³/mol. The maximum Gasteiger partial charge on any atom is 0.193 e. The van der Waals surface area contributed by atoms with E-state index in [2.05, 4.69) is 6.07 Å². The minimum atomic E-state index is -0.000460. The summed E-state index contributed by atoms with van der Waals surface area (Å²) in [5.41, 5.74) is 1.30. The van der Waals surface area contributed by atoms with Gasteiger partial charge in [0.15, 0.2) is 5.78 Å². The zero-order valence-electron chi connectivity index (χ0n) is 8.94. The first-order valence-electron chi connectivity index (χ1n) is 4.96. The molecule has 0 aliphatic carbocycles. The molecular weight excluding hydrogens is 200 g/mol. The van der Waals surface area contributed by atoms with Crippen LogP contribution in [0, 0.1) is 6.07 Å². The maximum atomic E-state index is 12.0. The molecule has 79 valence electrons. The lowest BCUT2D eigenvalue weighted by molar-refractivity contribution is 0.103. The largest absolute Gasteiger partial charge is 0.497 e. The van der Waals surface area contributed by atoms with E-state index in [-0.39, 0.29) is 5.78 Å². The van der Waals surface area contributed by atoms with E-state index < -0.39 is 0 Å². The molecule has 0 fully saturated rings. The molecule has 0 aromatic heterocycles. The molecule has 0 aliphatic heterocycles. The van der Waals surface area contributed by atoms with Gasteiger partial charge in [0.1, 0.15) is 5.75 Å². The average Bonchev–Trinajstić information content (AvgIpc) is 2.39. The van der Waals surface area contributed by atoms with Crippen LogP contribution in [0.3, 0.4) is 0 Å². The normalized spacial score (nSPS) is 9.81. The summed E-state index contributed by atoms with van der Waals surface area (Å²) in [4.78, 5) is 12.0. The van der Waals surface area contributed by atoms with Gasteiger partial charge in [-0.2, -0.15) is 0 Å². The molecule has 0 bridgehead atoms. The van der Waals surface area contributed by atoms with Gasteiger partial charge in [-0.15, -0.1) is 0 Å². The Morgan fingerprint density at radius 2 is 1.88 bits per heavy atom. The highest BCUT2D eigenvalue weighted by Gasteiger charge is 2.07. The molecule has 0 heterocycles. The van der Waals surface area contributed by atoms with Crippen molar-refractivity contribution in [1.29, 1.82) is 0 Å². The number of benzene rings is 2. The highest BCUT2D eigenvalue weighted by Crippen LogP contribution is 2.14. The number of hydrogen-bond donors (Lipinski definition) is 0. The Labute approximate surface area is 94.5 Å². The summed E-state index contributed by atoms with van der Waals surface area (Å²) < 4.78 is 5.04. The van der Waals surface area contributed by atoms with Crippen LogP contribution in [0.15, 0.2) is 48.5 Å². The van der Waals surface area contributed by atoms with Crippen LogP contribution in [-0.4, -0.2) is 12.9 Å². The number of hydrogen-bond acceptors (Lipinski definition) is 2. The topological polar surface area (TPSA) is 26.3 Å². The van der Waals surface area contributed by atoms with Crippen LogP contribution in [0.1, 0.15) is 15.9 Å². The Kier molecular flexibility index (Phi) is 3.01. The third kappa shape index (κ3) is 2.11. The Morgan fingerprint density at radius 3 is 2.44 bits per heavy atom. The van der Waals surface area contributed by atoms with Crippen molar-refractivity contribution >= 4 is 5.78 Å². The molecule has 2 nitrogen and oxygen atoms in total. The van der Waals surface area contributed by atoms with Gasteiger partial charge in [-0.05, 0) is 36.4 Å². The Balaban J connectivity index is 2.28. The summed E-state index contributed by atoms with van der Waals surface area (Å²) in [5.74, 6) is 0.746. The first kappa shape index (κ1) is 10.4. The van der Waals surface area contributed by atoms with Gasteiger partial charge in [-0.25, -0.2) is 0 Å². The lowest BCUT2D eigenvalue weighted by Gasteiger charge is -2.02. The van der Waals surface area contributed by atoms with E-state index in [0.717, 1.165) is 5.75 Å². The fourth-order valence-electron chi connectivity index (χ4n) is 1.44. The molecule has 0 amide bonds. The van der Waals surface area contributed by atoms with Gasteiger partial charge < -0.3 is 4.74 Å². The Hall–Kier alpha value is -2.09. The predicted octanol–water partition coefficient (Wildman–Crippen LogP) is 2.73. The van der Waals surface area contributed by atoms with Gasteiger partial charge in [0.25, 0.3) is 0 Å². The highest BCUT2D eigenvalue weighted by molar-refractivity contribution is 6.08. The molecule has 1 radical (unpaired) electrons. The lowest BCUT2D eigenvalue weighted by Crippen LogP contribution is -2.00. The van der Waals surface area contributed by atoms with Crippen LogP contribution >= 0.6 is 0 Å². The smallest absolute Gasteiger partial charge is 0.193 e. The Bertz CT molecular complexity index is 472. The summed E-state index contributed by atoms with van der Waals surface area (Å²) in [6, 6.07) is 17.0.